The number of rotatable bonds is 7. The molecular formula is C25H19BrN2O5S. The zero-order valence-corrected chi connectivity index (χ0v) is 20.4. The Labute approximate surface area is 208 Å². The summed E-state index contributed by atoms with van der Waals surface area (Å²) >= 11 is 4.77. The van der Waals surface area contributed by atoms with Crippen molar-refractivity contribution in [3.05, 3.63) is 92.8 Å². The van der Waals surface area contributed by atoms with E-state index >= 15 is 0 Å². The lowest BCUT2D eigenvalue weighted by atomic mass is 10.1. The predicted molar refractivity (Wildman–Crippen MR) is 136 cm³/mol. The van der Waals surface area contributed by atoms with E-state index < -0.39 is 5.97 Å². The van der Waals surface area contributed by atoms with Crippen LogP contribution in [0.3, 0.4) is 0 Å². The van der Waals surface area contributed by atoms with Crippen LogP contribution in [-0.2, 0) is 11.4 Å². The Balaban J connectivity index is 1.43. The molecule has 0 aliphatic carbocycles. The number of benzene rings is 3. The molecule has 0 atom stereocenters. The monoisotopic (exact) mass is 538 g/mol. The van der Waals surface area contributed by atoms with Gasteiger partial charge in [0.25, 0.3) is 5.91 Å². The van der Waals surface area contributed by atoms with E-state index in [4.69, 9.17) is 14.6 Å². The summed E-state index contributed by atoms with van der Waals surface area (Å²) in [5.74, 6) is 0.144. The van der Waals surface area contributed by atoms with Gasteiger partial charge in [-0.15, -0.1) is 0 Å². The third kappa shape index (κ3) is 5.86. The van der Waals surface area contributed by atoms with Crippen molar-refractivity contribution in [3.8, 4) is 11.5 Å². The SMILES string of the molecule is COc1ccc(N=C2NC(=O)/C(=C\c3ccc(OCc4cccc(C(=O)O)c4)c(Br)c3)S2)cc1. The highest BCUT2D eigenvalue weighted by atomic mass is 79.9. The molecule has 34 heavy (non-hydrogen) atoms. The Morgan fingerprint density at radius 2 is 1.94 bits per heavy atom. The van der Waals surface area contributed by atoms with Crippen molar-refractivity contribution < 1.29 is 24.2 Å². The first-order chi connectivity index (χ1) is 16.4. The molecule has 9 heteroatoms. The number of amides is 1. The van der Waals surface area contributed by atoms with Gasteiger partial charge in [0.05, 0.1) is 27.7 Å². The summed E-state index contributed by atoms with van der Waals surface area (Å²) in [6, 6.07) is 19.3. The summed E-state index contributed by atoms with van der Waals surface area (Å²) in [5.41, 5.74) is 2.49. The van der Waals surface area contributed by atoms with Crippen molar-refractivity contribution in [3.63, 3.8) is 0 Å². The number of aromatic carboxylic acids is 1. The number of thioether (sulfide) groups is 1. The van der Waals surface area contributed by atoms with Crippen molar-refractivity contribution in [2.75, 3.05) is 7.11 Å². The van der Waals surface area contributed by atoms with Gasteiger partial charge in [-0.3, -0.25) is 4.79 Å². The molecule has 1 heterocycles. The Hall–Kier alpha value is -3.56. The molecule has 2 N–H and O–H groups in total. The number of aliphatic imine (C=N–C) groups is 1. The Bertz CT molecular complexity index is 1300. The second-order valence-corrected chi connectivity index (χ2v) is 9.05. The van der Waals surface area contributed by atoms with E-state index in [9.17, 15) is 9.59 Å². The van der Waals surface area contributed by atoms with Crippen LogP contribution in [0.2, 0.25) is 0 Å². The van der Waals surface area contributed by atoms with Gasteiger partial charge in [-0.2, -0.15) is 0 Å². The van der Waals surface area contributed by atoms with Gasteiger partial charge in [0.15, 0.2) is 5.17 Å². The molecule has 1 amide bonds. The number of methoxy groups -OCH3 is 1. The highest BCUT2D eigenvalue weighted by Gasteiger charge is 2.24. The third-order valence-corrected chi connectivity index (χ3v) is 6.31. The van der Waals surface area contributed by atoms with Gasteiger partial charge < -0.3 is 19.9 Å². The first-order valence-corrected chi connectivity index (χ1v) is 11.7. The molecule has 1 saturated heterocycles. The topological polar surface area (TPSA) is 97.2 Å². The number of halogens is 1. The molecule has 1 aliphatic heterocycles. The van der Waals surface area contributed by atoms with Crippen LogP contribution in [0, 0.1) is 0 Å². The van der Waals surface area contributed by atoms with Crippen molar-refractivity contribution >= 4 is 56.5 Å². The number of amidine groups is 1. The van der Waals surface area contributed by atoms with E-state index in [1.54, 1.807) is 37.5 Å². The molecule has 0 unspecified atom stereocenters. The Morgan fingerprint density at radius 1 is 1.15 bits per heavy atom. The van der Waals surface area contributed by atoms with Gasteiger partial charge in [0.2, 0.25) is 0 Å². The minimum absolute atomic E-state index is 0.212. The van der Waals surface area contributed by atoms with E-state index in [1.165, 1.54) is 17.8 Å². The first-order valence-electron chi connectivity index (χ1n) is 10.1. The van der Waals surface area contributed by atoms with Gasteiger partial charge in [-0.25, -0.2) is 9.79 Å². The molecule has 0 radical (unpaired) electrons. The van der Waals surface area contributed by atoms with Gasteiger partial charge in [-0.1, -0.05) is 18.2 Å². The van der Waals surface area contributed by atoms with Crippen molar-refractivity contribution in [1.82, 2.24) is 5.32 Å². The number of hydrogen-bond acceptors (Lipinski definition) is 6. The maximum atomic E-state index is 12.4. The average molecular weight is 539 g/mol. The first kappa shape index (κ1) is 23.6. The largest absolute Gasteiger partial charge is 0.497 e. The van der Waals surface area contributed by atoms with E-state index in [0.29, 0.717) is 26.0 Å². The maximum Gasteiger partial charge on any atom is 0.335 e. The summed E-state index contributed by atoms with van der Waals surface area (Å²) in [6.07, 6.45) is 1.78. The van der Waals surface area contributed by atoms with Crippen LogP contribution >= 0.6 is 27.7 Å². The zero-order valence-electron chi connectivity index (χ0n) is 17.9. The fraction of sp³-hybridized carbons (Fsp3) is 0.0800. The minimum atomic E-state index is -0.980. The van der Waals surface area contributed by atoms with Crippen molar-refractivity contribution in [2.24, 2.45) is 4.99 Å². The molecule has 7 nitrogen and oxygen atoms in total. The summed E-state index contributed by atoms with van der Waals surface area (Å²) in [7, 11) is 1.60. The third-order valence-electron chi connectivity index (χ3n) is 4.78. The molecular weight excluding hydrogens is 520 g/mol. The van der Waals surface area contributed by atoms with Crippen LogP contribution in [0.1, 0.15) is 21.5 Å². The van der Waals surface area contributed by atoms with E-state index in [-0.39, 0.29) is 18.1 Å². The van der Waals surface area contributed by atoms with Crippen molar-refractivity contribution in [2.45, 2.75) is 6.61 Å². The van der Waals surface area contributed by atoms with Crippen LogP contribution in [0.5, 0.6) is 11.5 Å². The van der Waals surface area contributed by atoms with Gasteiger partial charge in [-0.05, 0) is 93.4 Å². The number of carboxylic acid groups (broad SMARTS) is 1. The molecule has 1 aliphatic rings. The number of carbonyl (C=O) groups is 2. The molecule has 0 spiro atoms. The number of nitrogens with one attached hydrogen (secondary N) is 1. The number of carbonyl (C=O) groups excluding carboxylic acids is 1. The number of carboxylic acids is 1. The number of nitrogens with zero attached hydrogens (tertiary/aromatic N) is 1. The number of ether oxygens (including phenoxy) is 2. The predicted octanol–water partition coefficient (Wildman–Crippen LogP) is 5.63. The van der Waals surface area contributed by atoms with E-state index in [2.05, 4.69) is 26.2 Å². The zero-order chi connectivity index (χ0) is 24.1. The lowest BCUT2D eigenvalue weighted by Gasteiger charge is -2.09. The van der Waals surface area contributed by atoms with Crippen LogP contribution in [0.25, 0.3) is 6.08 Å². The normalized spacial score (nSPS) is 15.4. The van der Waals surface area contributed by atoms with Gasteiger partial charge in [0, 0.05) is 0 Å². The van der Waals surface area contributed by atoms with Crippen LogP contribution in [0.4, 0.5) is 5.69 Å². The van der Waals surface area contributed by atoms with Crippen LogP contribution in [0.15, 0.2) is 81.1 Å². The summed E-state index contributed by atoms with van der Waals surface area (Å²) in [4.78, 5) is 28.5. The summed E-state index contributed by atoms with van der Waals surface area (Å²) in [6.45, 7) is 0.226. The molecule has 1 fully saturated rings. The molecule has 0 saturated carbocycles. The lowest BCUT2D eigenvalue weighted by molar-refractivity contribution is -0.115. The molecule has 3 aromatic rings. The average Bonchev–Trinajstić information content (AvgIpc) is 3.17. The quantitative estimate of drug-likeness (QED) is 0.378. The van der Waals surface area contributed by atoms with E-state index in [0.717, 1.165) is 16.9 Å². The molecule has 4 rings (SSSR count). The van der Waals surface area contributed by atoms with Crippen LogP contribution < -0.4 is 14.8 Å². The number of hydrogen-bond donors (Lipinski definition) is 2. The maximum absolute atomic E-state index is 12.4. The molecule has 3 aromatic carbocycles. The Morgan fingerprint density at radius 3 is 2.65 bits per heavy atom. The minimum Gasteiger partial charge on any atom is -0.497 e. The van der Waals surface area contributed by atoms with Gasteiger partial charge >= 0.3 is 5.97 Å². The lowest BCUT2D eigenvalue weighted by Crippen LogP contribution is -2.19. The fourth-order valence-electron chi connectivity index (χ4n) is 3.09. The Kier molecular flexibility index (Phi) is 7.34. The second-order valence-electron chi connectivity index (χ2n) is 7.16. The fourth-order valence-corrected chi connectivity index (χ4v) is 4.44. The molecule has 0 bridgehead atoms. The second kappa shape index (κ2) is 10.6. The molecule has 172 valence electrons. The highest BCUT2D eigenvalue weighted by Crippen LogP contribution is 2.32. The smallest absolute Gasteiger partial charge is 0.335 e. The van der Waals surface area contributed by atoms with Crippen LogP contribution in [-0.4, -0.2) is 29.3 Å². The highest BCUT2D eigenvalue weighted by molar-refractivity contribution is 9.10. The van der Waals surface area contributed by atoms with Crippen molar-refractivity contribution in [1.29, 1.82) is 0 Å². The summed E-state index contributed by atoms with van der Waals surface area (Å²) < 4.78 is 11.7. The summed E-state index contributed by atoms with van der Waals surface area (Å²) in [5, 5.41) is 12.4. The van der Waals surface area contributed by atoms with E-state index in [1.807, 2.05) is 36.4 Å². The van der Waals surface area contributed by atoms with Gasteiger partial charge in [0.1, 0.15) is 18.1 Å². The molecule has 0 aromatic heterocycles. The standard InChI is InChI=1S/C25H19BrN2O5S/c1-32-19-8-6-18(7-9-19)27-25-28-23(29)22(34-25)13-15-5-10-21(20(26)12-15)33-14-16-3-2-4-17(11-16)24(30)31/h2-13H,14H2,1H3,(H,30,31)(H,27,28,29)/b22-13+.